The van der Waals surface area contributed by atoms with Crippen molar-refractivity contribution in [3.63, 3.8) is 0 Å². The van der Waals surface area contributed by atoms with Gasteiger partial charge < -0.3 is 5.11 Å². The van der Waals surface area contributed by atoms with E-state index < -0.39 is 16.1 Å². The first kappa shape index (κ1) is 19.6. The van der Waals surface area contributed by atoms with Gasteiger partial charge in [-0.15, -0.1) is 0 Å². The van der Waals surface area contributed by atoms with Crippen molar-refractivity contribution in [1.82, 2.24) is 0 Å². The summed E-state index contributed by atoms with van der Waals surface area (Å²) in [5, 5.41) is 8.70. The van der Waals surface area contributed by atoms with Gasteiger partial charge in [0.15, 0.2) is 5.71 Å². The second-order valence-corrected chi connectivity index (χ2v) is 8.58. The van der Waals surface area contributed by atoms with E-state index >= 15 is 0 Å². The van der Waals surface area contributed by atoms with E-state index in [0.717, 1.165) is 43.5 Å². The predicted molar refractivity (Wildman–Crippen MR) is 95.2 cm³/mol. The Kier molecular flexibility index (Phi) is 5.68. The molecule has 0 saturated carbocycles. The van der Waals surface area contributed by atoms with Crippen molar-refractivity contribution in [2.75, 3.05) is 13.7 Å². The van der Waals surface area contributed by atoms with Gasteiger partial charge in [0.1, 0.15) is 6.54 Å². The van der Waals surface area contributed by atoms with Gasteiger partial charge in [-0.05, 0) is 38.8 Å². The first-order valence-corrected chi connectivity index (χ1v) is 9.80. The van der Waals surface area contributed by atoms with Crippen LogP contribution in [0.1, 0.15) is 52.0 Å². The van der Waals surface area contributed by atoms with Crippen LogP contribution >= 0.6 is 0 Å². The zero-order valence-electron chi connectivity index (χ0n) is 15.2. The molecule has 0 amide bonds. The van der Waals surface area contributed by atoms with Crippen molar-refractivity contribution >= 4 is 27.5 Å². The van der Waals surface area contributed by atoms with Crippen LogP contribution in [0.4, 0.5) is 5.69 Å². The zero-order chi connectivity index (χ0) is 18.8. The third-order valence-corrected chi connectivity index (χ3v) is 6.29. The van der Waals surface area contributed by atoms with Crippen LogP contribution in [0.15, 0.2) is 23.1 Å². The third-order valence-electron chi connectivity index (χ3n) is 5.02. The van der Waals surface area contributed by atoms with E-state index in [1.165, 1.54) is 0 Å². The fraction of sp³-hybridized carbons (Fsp3) is 0.556. The molecule has 0 spiro atoms. The van der Waals surface area contributed by atoms with Crippen LogP contribution in [0, 0.1) is 0 Å². The summed E-state index contributed by atoms with van der Waals surface area (Å²) in [6.07, 6.45) is 2.60. The number of hydrogen-bond acceptors (Lipinski definition) is 4. The summed E-state index contributed by atoms with van der Waals surface area (Å²) in [6.45, 7) is 7.00. The van der Waals surface area contributed by atoms with Crippen molar-refractivity contribution in [3.05, 3.63) is 23.8 Å². The van der Waals surface area contributed by atoms with Crippen LogP contribution in [0.25, 0.3) is 0 Å². The van der Waals surface area contributed by atoms with Crippen molar-refractivity contribution < 1.29 is 27.1 Å². The number of carboxylic acids is 1. The fourth-order valence-electron chi connectivity index (χ4n) is 3.23. The standard InChI is InChI=1S/C18H25NO5S/c1-13-18(2,3)15-12-14(25(22,23)24-4)9-10-16(15)19(13)11-7-5-6-8-17(20)21/h9-10,12H,5-8,11H2,1-4H3/p+1. The van der Waals surface area contributed by atoms with Crippen LogP contribution in [-0.2, 0) is 24.5 Å². The lowest BCUT2D eigenvalue weighted by atomic mass is 9.82. The normalized spacial score (nSPS) is 16.2. The van der Waals surface area contributed by atoms with Gasteiger partial charge in [-0.2, -0.15) is 13.0 Å². The Labute approximate surface area is 149 Å². The molecule has 0 aliphatic carbocycles. The second kappa shape index (κ2) is 7.25. The molecule has 1 aromatic rings. The lowest BCUT2D eigenvalue weighted by molar-refractivity contribution is -0.439. The highest BCUT2D eigenvalue weighted by Gasteiger charge is 2.43. The van der Waals surface area contributed by atoms with Gasteiger partial charge in [0.05, 0.1) is 17.4 Å². The molecule has 7 heteroatoms. The van der Waals surface area contributed by atoms with Gasteiger partial charge in [-0.3, -0.25) is 8.98 Å². The lowest BCUT2D eigenvalue weighted by Crippen LogP contribution is -2.26. The highest BCUT2D eigenvalue weighted by Crippen LogP contribution is 2.40. The minimum atomic E-state index is -3.72. The molecule has 1 N–H and O–H groups in total. The van der Waals surface area contributed by atoms with Crippen molar-refractivity contribution in [2.24, 2.45) is 0 Å². The Morgan fingerprint density at radius 3 is 2.52 bits per heavy atom. The highest BCUT2D eigenvalue weighted by atomic mass is 32.2. The van der Waals surface area contributed by atoms with Crippen LogP contribution < -0.4 is 0 Å². The van der Waals surface area contributed by atoms with E-state index in [-0.39, 0.29) is 16.7 Å². The molecule has 25 heavy (non-hydrogen) atoms. The van der Waals surface area contributed by atoms with Gasteiger partial charge >= 0.3 is 5.97 Å². The van der Waals surface area contributed by atoms with E-state index in [4.69, 9.17) is 5.11 Å². The average molecular weight is 368 g/mol. The molecule has 1 heterocycles. The lowest BCUT2D eigenvalue weighted by Gasteiger charge is -2.15. The Bertz CT molecular complexity index is 809. The van der Waals surface area contributed by atoms with Crippen molar-refractivity contribution in [3.8, 4) is 0 Å². The average Bonchev–Trinajstić information content (AvgIpc) is 2.74. The van der Waals surface area contributed by atoms with Gasteiger partial charge in [0.25, 0.3) is 10.1 Å². The maximum absolute atomic E-state index is 12.0. The molecule has 0 bridgehead atoms. The van der Waals surface area contributed by atoms with E-state index in [1.807, 2.05) is 6.07 Å². The number of rotatable bonds is 8. The molecule has 1 aliphatic heterocycles. The Morgan fingerprint density at radius 2 is 1.92 bits per heavy atom. The third kappa shape index (κ3) is 3.93. The van der Waals surface area contributed by atoms with Crippen molar-refractivity contribution in [2.45, 2.75) is 56.8 Å². The number of aliphatic carboxylic acids is 1. The summed E-state index contributed by atoms with van der Waals surface area (Å²) in [6, 6.07) is 5.10. The van der Waals surface area contributed by atoms with Gasteiger partial charge in [-0.1, -0.05) is 0 Å². The molecule has 138 valence electrons. The molecule has 0 saturated heterocycles. The van der Waals surface area contributed by atoms with Crippen LogP contribution in [0.3, 0.4) is 0 Å². The smallest absolute Gasteiger partial charge is 0.303 e. The minimum absolute atomic E-state index is 0.165. The van der Waals surface area contributed by atoms with E-state index in [2.05, 4.69) is 29.5 Å². The molecule has 2 rings (SSSR count). The number of carboxylic acid groups (broad SMARTS) is 1. The largest absolute Gasteiger partial charge is 0.481 e. The molecule has 0 unspecified atom stereocenters. The number of nitrogens with zero attached hydrogens (tertiary/aromatic N) is 1. The monoisotopic (exact) mass is 368 g/mol. The number of fused-ring (bicyclic) bond motifs is 1. The molecule has 0 atom stereocenters. The summed E-state index contributed by atoms with van der Waals surface area (Å²) < 4.78 is 30.8. The quantitative estimate of drug-likeness (QED) is 0.433. The molecule has 0 radical (unpaired) electrons. The highest BCUT2D eigenvalue weighted by molar-refractivity contribution is 7.86. The predicted octanol–water partition coefficient (Wildman–Crippen LogP) is 3.06. The summed E-state index contributed by atoms with van der Waals surface area (Å²) >= 11 is 0. The summed E-state index contributed by atoms with van der Waals surface area (Å²) in [4.78, 5) is 10.7. The van der Waals surface area contributed by atoms with Crippen molar-refractivity contribution in [1.29, 1.82) is 0 Å². The number of carbonyl (C=O) groups is 1. The van der Waals surface area contributed by atoms with E-state index in [9.17, 15) is 13.2 Å². The van der Waals surface area contributed by atoms with Crippen LogP contribution in [0.2, 0.25) is 0 Å². The first-order chi connectivity index (χ1) is 11.6. The van der Waals surface area contributed by atoms with Crippen LogP contribution in [-0.4, -0.2) is 43.4 Å². The van der Waals surface area contributed by atoms with Gasteiger partial charge in [0.2, 0.25) is 5.69 Å². The number of hydrogen-bond donors (Lipinski definition) is 1. The SMILES string of the molecule is COS(=O)(=O)c1ccc2c(c1)C(C)(C)C(C)=[N+]2CCCCCC(=O)O. The summed E-state index contributed by atoms with van der Waals surface area (Å²) in [7, 11) is -2.56. The summed E-state index contributed by atoms with van der Waals surface area (Å²) in [5.41, 5.74) is 2.87. The fourth-order valence-corrected chi connectivity index (χ4v) is 3.92. The Hall–Kier alpha value is -1.73. The second-order valence-electron chi connectivity index (χ2n) is 6.87. The molecule has 0 aromatic heterocycles. The van der Waals surface area contributed by atoms with E-state index in [0.29, 0.717) is 6.42 Å². The van der Waals surface area contributed by atoms with Gasteiger partial charge in [0, 0.05) is 31.4 Å². The maximum atomic E-state index is 12.0. The first-order valence-electron chi connectivity index (χ1n) is 8.40. The molecule has 1 aromatic carbocycles. The van der Waals surface area contributed by atoms with Gasteiger partial charge in [-0.25, -0.2) is 0 Å². The minimum Gasteiger partial charge on any atom is -0.481 e. The Morgan fingerprint density at radius 1 is 1.24 bits per heavy atom. The van der Waals surface area contributed by atoms with Crippen LogP contribution in [0.5, 0.6) is 0 Å². The molecule has 0 fully saturated rings. The number of benzene rings is 1. The number of unbranched alkanes of at least 4 members (excludes halogenated alkanes) is 2. The van der Waals surface area contributed by atoms with E-state index in [1.54, 1.807) is 12.1 Å². The maximum Gasteiger partial charge on any atom is 0.303 e. The Balaban J connectivity index is 2.24. The molecule has 6 nitrogen and oxygen atoms in total. The topological polar surface area (TPSA) is 83.7 Å². The molecular weight excluding hydrogens is 342 g/mol. The summed E-state index contributed by atoms with van der Waals surface area (Å²) in [5.74, 6) is -0.762. The molecular formula is C18H26NO5S+. The molecule has 1 aliphatic rings. The zero-order valence-corrected chi connectivity index (χ0v) is 16.0.